The van der Waals surface area contributed by atoms with Gasteiger partial charge in [-0.1, -0.05) is 60.7 Å². The molecule has 3 aromatic rings. The molecular formula is C27H31N3O2. The van der Waals surface area contributed by atoms with Gasteiger partial charge in [-0.25, -0.2) is 0 Å². The molecule has 0 aliphatic carbocycles. The molecule has 32 heavy (non-hydrogen) atoms. The fraction of sp³-hybridized carbons (Fsp3) is 0.259. The van der Waals surface area contributed by atoms with E-state index < -0.39 is 0 Å². The van der Waals surface area contributed by atoms with Gasteiger partial charge in [0.1, 0.15) is 5.75 Å². The number of amides is 1. The highest BCUT2D eigenvalue weighted by Crippen LogP contribution is 2.37. The smallest absolute Gasteiger partial charge is 0.224 e. The number of hydrogen-bond acceptors (Lipinski definition) is 4. The summed E-state index contributed by atoms with van der Waals surface area (Å²) in [6.07, 6.45) is 0.207. The molecular weight excluding hydrogens is 398 g/mol. The topological polar surface area (TPSA) is 74.2 Å². The van der Waals surface area contributed by atoms with Gasteiger partial charge in [0, 0.05) is 23.9 Å². The summed E-state index contributed by atoms with van der Waals surface area (Å²) in [5.74, 6) is 0.621. The van der Waals surface area contributed by atoms with E-state index in [2.05, 4.69) is 24.5 Å². The van der Waals surface area contributed by atoms with Crippen molar-refractivity contribution in [3.05, 3.63) is 83.4 Å². The van der Waals surface area contributed by atoms with Crippen LogP contribution in [0.4, 0.5) is 5.69 Å². The minimum absolute atomic E-state index is 0.0745. The van der Waals surface area contributed by atoms with Gasteiger partial charge in [-0.3, -0.25) is 4.79 Å². The number of carbonyl (C=O) groups excluding carboxylic acids is 1. The Morgan fingerprint density at radius 3 is 2.28 bits per heavy atom. The van der Waals surface area contributed by atoms with Gasteiger partial charge in [0.15, 0.2) is 0 Å². The lowest BCUT2D eigenvalue weighted by molar-refractivity contribution is -0.120. The van der Waals surface area contributed by atoms with Crippen molar-refractivity contribution in [3.8, 4) is 16.9 Å². The molecule has 0 heterocycles. The van der Waals surface area contributed by atoms with Crippen molar-refractivity contribution in [2.75, 3.05) is 12.4 Å². The molecule has 0 bridgehead atoms. The Morgan fingerprint density at radius 2 is 1.69 bits per heavy atom. The molecule has 0 aromatic heterocycles. The molecule has 0 saturated heterocycles. The van der Waals surface area contributed by atoms with Crippen molar-refractivity contribution < 1.29 is 9.53 Å². The summed E-state index contributed by atoms with van der Waals surface area (Å²) in [6, 6.07) is 22.0. The minimum atomic E-state index is -0.0745. The second-order valence-electron chi connectivity index (χ2n) is 8.11. The third-order valence-electron chi connectivity index (χ3n) is 5.21. The lowest BCUT2D eigenvalue weighted by atomic mass is 9.95. The number of hydrogen-bond donors (Lipinski definition) is 3. The standard InChI is InChI=1S/C27H31N3O2/c1-18(2)30-25-15-14-23(22-8-6-5-7-9-22)24(27(25)32-4)16-26(31)29-17-20-10-12-21(13-11-20)19(3)28/h5-15,18,28,30H,16-17H2,1-4H3,(H,29,31). The fourth-order valence-electron chi connectivity index (χ4n) is 3.65. The molecule has 3 N–H and O–H groups in total. The minimum Gasteiger partial charge on any atom is -0.494 e. The second-order valence-corrected chi connectivity index (χ2v) is 8.11. The van der Waals surface area contributed by atoms with Crippen LogP contribution in [0.1, 0.15) is 37.5 Å². The van der Waals surface area contributed by atoms with Crippen LogP contribution in [0, 0.1) is 5.41 Å². The highest BCUT2D eigenvalue weighted by Gasteiger charge is 2.19. The van der Waals surface area contributed by atoms with Crippen molar-refractivity contribution in [3.63, 3.8) is 0 Å². The van der Waals surface area contributed by atoms with Crippen LogP contribution in [0.15, 0.2) is 66.7 Å². The zero-order valence-corrected chi connectivity index (χ0v) is 19.2. The Labute approximate surface area is 190 Å². The van der Waals surface area contributed by atoms with Gasteiger partial charge in [0.25, 0.3) is 0 Å². The molecule has 0 unspecified atom stereocenters. The van der Waals surface area contributed by atoms with E-state index in [4.69, 9.17) is 10.1 Å². The molecule has 0 aliphatic rings. The van der Waals surface area contributed by atoms with E-state index in [1.54, 1.807) is 14.0 Å². The molecule has 0 fully saturated rings. The summed E-state index contributed by atoms with van der Waals surface area (Å²) in [6.45, 7) is 6.34. The Hall–Kier alpha value is -3.60. The first kappa shape index (κ1) is 23.1. The van der Waals surface area contributed by atoms with Gasteiger partial charge in [0.2, 0.25) is 5.91 Å². The maximum atomic E-state index is 12.9. The Kier molecular flexibility index (Phi) is 7.66. The predicted molar refractivity (Wildman–Crippen MR) is 132 cm³/mol. The lowest BCUT2D eigenvalue weighted by Crippen LogP contribution is -2.25. The van der Waals surface area contributed by atoms with E-state index in [-0.39, 0.29) is 18.4 Å². The van der Waals surface area contributed by atoms with Crippen molar-refractivity contribution >= 4 is 17.3 Å². The third-order valence-corrected chi connectivity index (χ3v) is 5.21. The van der Waals surface area contributed by atoms with Crippen LogP contribution < -0.4 is 15.4 Å². The van der Waals surface area contributed by atoms with E-state index in [0.29, 0.717) is 18.0 Å². The summed E-state index contributed by atoms with van der Waals surface area (Å²) in [5, 5.41) is 14.1. The van der Waals surface area contributed by atoms with E-state index in [1.165, 1.54) is 0 Å². The van der Waals surface area contributed by atoms with Crippen molar-refractivity contribution in [1.29, 1.82) is 5.41 Å². The monoisotopic (exact) mass is 429 g/mol. The van der Waals surface area contributed by atoms with Gasteiger partial charge >= 0.3 is 0 Å². The van der Waals surface area contributed by atoms with Crippen molar-refractivity contribution in [2.24, 2.45) is 0 Å². The van der Waals surface area contributed by atoms with Gasteiger partial charge in [-0.05, 0) is 49.1 Å². The van der Waals surface area contributed by atoms with E-state index in [9.17, 15) is 4.79 Å². The number of methoxy groups -OCH3 is 1. The molecule has 5 heteroatoms. The number of anilines is 1. The maximum Gasteiger partial charge on any atom is 0.224 e. The summed E-state index contributed by atoms with van der Waals surface area (Å²) >= 11 is 0. The van der Waals surface area contributed by atoms with Gasteiger partial charge in [-0.15, -0.1) is 0 Å². The summed E-state index contributed by atoms with van der Waals surface area (Å²) < 4.78 is 5.78. The normalized spacial score (nSPS) is 10.7. The molecule has 0 saturated carbocycles. The first-order chi connectivity index (χ1) is 15.4. The quantitative estimate of drug-likeness (QED) is 0.397. The van der Waals surface area contributed by atoms with Crippen LogP contribution in [-0.4, -0.2) is 24.8 Å². The number of nitrogens with one attached hydrogen (secondary N) is 3. The van der Waals surface area contributed by atoms with Crippen LogP contribution in [0.5, 0.6) is 5.75 Å². The molecule has 3 rings (SSSR count). The first-order valence-corrected chi connectivity index (χ1v) is 10.8. The highest BCUT2D eigenvalue weighted by atomic mass is 16.5. The average molecular weight is 430 g/mol. The molecule has 1 amide bonds. The average Bonchev–Trinajstić information content (AvgIpc) is 2.78. The number of rotatable bonds is 9. The first-order valence-electron chi connectivity index (χ1n) is 10.8. The molecule has 0 spiro atoms. The summed E-state index contributed by atoms with van der Waals surface area (Å²) in [5.41, 5.74) is 6.16. The van der Waals surface area contributed by atoms with Crippen LogP contribution in [-0.2, 0) is 17.8 Å². The summed E-state index contributed by atoms with van der Waals surface area (Å²) in [7, 11) is 1.64. The fourth-order valence-corrected chi connectivity index (χ4v) is 3.65. The molecule has 0 aliphatic heterocycles. The molecule has 0 radical (unpaired) electrons. The Bertz CT molecular complexity index is 1070. The van der Waals surface area contributed by atoms with Gasteiger partial charge in [-0.2, -0.15) is 0 Å². The van der Waals surface area contributed by atoms with E-state index in [0.717, 1.165) is 33.5 Å². The third kappa shape index (κ3) is 5.76. The highest BCUT2D eigenvalue weighted by molar-refractivity contribution is 5.96. The zero-order valence-electron chi connectivity index (χ0n) is 19.2. The van der Waals surface area contributed by atoms with Crippen molar-refractivity contribution in [2.45, 2.75) is 39.8 Å². The van der Waals surface area contributed by atoms with Gasteiger partial charge < -0.3 is 20.8 Å². The number of benzene rings is 3. The van der Waals surface area contributed by atoms with E-state index >= 15 is 0 Å². The second kappa shape index (κ2) is 10.6. The summed E-state index contributed by atoms with van der Waals surface area (Å²) in [4.78, 5) is 12.9. The van der Waals surface area contributed by atoms with Crippen LogP contribution >= 0.6 is 0 Å². The van der Waals surface area contributed by atoms with Crippen LogP contribution in [0.25, 0.3) is 11.1 Å². The zero-order chi connectivity index (χ0) is 23.1. The number of ether oxygens (including phenoxy) is 1. The lowest BCUT2D eigenvalue weighted by Gasteiger charge is -2.20. The van der Waals surface area contributed by atoms with E-state index in [1.807, 2.05) is 66.7 Å². The largest absolute Gasteiger partial charge is 0.494 e. The Balaban J connectivity index is 1.85. The SMILES string of the molecule is COc1c(NC(C)C)ccc(-c2ccccc2)c1CC(=O)NCc1ccc(C(C)=N)cc1. The molecule has 3 aromatic carbocycles. The van der Waals surface area contributed by atoms with Gasteiger partial charge in [0.05, 0.1) is 19.2 Å². The number of carbonyl (C=O) groups is 1. The Morgan fingerprint density at radius 1 is 1.00 bits per heavy atom. The molecule has 0 atom stereocenters. The predicted octanol–water partition coefficient (Wildman–Crippen LogP) is 5.43. The molecule has 5 nitrogen and oxygen atoms in total. The maximum absolute atomic E-state index is 12.9. The van der Waals surface area contributed by atoms with Crippen LogP contribution in [0.3, 0.4) is 0 Å². The van der Waals surface area contributed by atoms with Crippen LogP contribution in [0.2, 0.25) is 0 Å². The van der Waals surface area contributed by atoms with Crippen molar-refractivity contribution in [1.82, 2.24) is 5.32 Å². The molecule has 166 valence electrons.